The Balaban J connectivity index is 0.00000300. The van der Waals surface area contributed by atoms with Gasteiger partial charge in [-0.05, 0) is 42.3 Å². The number of guanidine groups is 1. The van der Waals surface area contributed by atoms with Crippen LogP contribution in [0.3, 0.4) is 0 Å². The molecule has 1 aliphatic rings. The molecule has 0 amide bonds. The van der Waals surface area contributed by atoms with E-state index in [1.165, 1.54) is 0 Å². The average molecular weight is 519 g/mol. The first-order valence-corrected chi connectivity index (χ1v) is 9.04. The minimum atomic E-state index is -2.50. The van der Waals surface area contributed by atoms with Crippen LogP contribution in [0.25, 0.3) is 0 Å². The number of alkyl halides is 2. The summed E-state index contributed by atoms with van der Waals surface area (Å²) in [6.45, 7) is 3.28. The highest BCUT2D eigenvalue weighted by molar-refractivity contribution is 14.0. The maximum Gasteiger partial charge on any atom is 0.272 e. The number of hydrogen-bond acceptors (Lipinski definition) is 4. The monoisotopic (exact) mass is 519 g/mol. The van der Waals surface area contributed by atoms with Crippen LogP contribution < -0.4 is 24.8 Å². The van der Waals surface area contributed by atoms with Crippen molar-refractivity contribution in [2.45, 2.75) is 26.4 Å². The molecule has 1 aliphatic heterocycles. The second-order valence-corrected chi connectivity index (χ2v) is 6.09. The van der Waals surface area contributed by atoms with Gasteiger partial charge in [-0.25, -0.2) is 13.8 Å². The molecular formula is C20H24F2IN3O3. The highest BCUT2D eigenvalue weighted by atomic mass is 127. The average Bonchev–Trinajstić information content (AvgIpc) is 3.16. The van der Waals surface area contributed by atoms with Crippen molar-refractivity contribution >= 4 is 29.9 Å². The SMILES string of the molecule is CCNC(=NCc1cccc(OCC(F)F)c1)NCc1ccc2c(c1)OCO2.I. The molecule has 158 valence electrons. The molecule has 3 rings (SSSR count). The van der Waals surface area contributed by atoms with Gasteiger partial charge in [0.15, 0.2) is 17.5 Å². The minimum Gasteiger partial charge on any atom is -0.488 e. The van der Waals surface area contributed by atoms with Gasteiger partial charge in [0.05, 0.1) is 6.54 Å². The van der Waals surface area contributed by atoms with Crippen molar-refractivity contribution in [2.75, 3.05) is 19.9 Å². The van der Waals surface area contributed by atoms with Crippen molar-refractivity contribution in [1.29, 1.82) is 0 Å². The Morgan fingerprint density at radius 1 is 1.10 bits per heavy atom. The van der Waals surface area contributed by atoms with Gasteiger partial charge in [-0.2, -0.15) is 0 Å². The lowest BCUT2D eigenvalue weighted by atomic mass is 10.2. The normalized spacial score (nSPS) is 12.5. The van der Waals surface area contributed by atoms with Crippen LogP contribution in [0.2, 0.25) is 0 Å². The van der Waals surface area contributed by atoms with E-state index in [4.69, 9.17) is 14.2 Å². The predicted octanol–water partition coefficient (Wildman–Crippen LogP) is 3.93. The van der Waals surface area contributed by atoms with E-state index in [0.29, 0.717) is 31.3 Å². The molecule has 9 heteroatoms. The number of hydrogen-bond donors (Lipinski definition) is 2. The fourth-order valence-corrected chi connectivity index (χ4v) is 2.64. The molecule has 0 aromatic heterocycles. The van der Waals surface area contributed by atoms with Crippen LogP contribution in [0.15, 0.2) is 47.5 Å². The summed E-state index contributed by atoms with van der Waals surface area (Å²) in [6.07, 6.45) is -2.50. The highest BCUT2D eigenvalue weighted by Crippen LogP contribution is 2.32. The Bertz CT molecular complexity index is 821. The van der Waals surface area contributed by atoms with Gasteiger partial charge in [0, 0.05) is 13.1 Å². The smallest absolute Gasteiger partial charge is 0.272 e. The Kier molecular flexibility index (Phi) is 9.23. The third-order valence-electron chi connectivity index (χ3n) is 3.94. The van der Waals surface area contributed by atoms with E-state index < -0.39 is 13.0 Å². The first kappa shape index (κ1) is 23.0. The topological polar surface area (TPSA) is 64.1 Å². The van der Waals surface area contributed by atoms with Crippen molar-refractivity contribution in [1.82, 2.24) is 10.6 Å². The van der Waals surface area contributed by atoms with E-state index in [9.17, 15) is 8.78 Å². The quantitative estimate of drug-likeness (QED) is 0.315. The maximum absolute atomic E-state index is 12.3. The van der Waals surface area contributed by atoms with Crippen molar-refractivity contribution in [3.63, 3.8) is 0 Å². The summed E-state index contributed by atoms with van der Waals surface area (Å²) in [7, 11) is 0. The van der Waals surface area contributed by atoms with Gasteiger partial charge in [-0.1, -0.05) is 18.2 Å². The third kappa shape index (κ3) is 7.22. The fraction of sp³-hybridized carbons (Fsp3) is 0.350. The molecule has 1 heterocycles. The first-order chi connectivity index (χ1) is 13.6. The zero-order chi connectivity index (χ0) is 19.8. The second kappa shape index (κ2) is 11.6. The van der Waals surface area contributed by atoms with Gasteiger partial charge >= 0.3 is 0 Å². The number of benzene rings is 2. The van der Waals surface area contributed by atoms with E-state index in [0.717, 1.165) is 22.6 Å². The molecule has 0 spiro atoms. The number of nitrogens with one attached hydrogen (secondary N) is 2. The molecule has 0 atom stereocenters. The number of fused-ring (bicyclic) bond motifs is 1. The van der Waals surface area contributed by atoms with E-state index in [-0.39, 0.29) is 30.8 Å². The van der Waals surface area contributed by atoms with Gasteiger partial charge in [-0.15, -0.1) is 24.0 Å². The fourth-order valence-electron chi connectivity index (χ4n) is 2.64. The van der Waals surface area contributed by atoms with Crippen molar-refractivity contribution in [3.8, 4) is 17.2 Å². The molecule has 0 bridgehead atoms. The zero-order valence-corrected chi connectivity index (χ0v) is 18.3. The lowest BCUT2D eigenvalue weighted by molar-refractivity contribution is 0.0818. The maximum atomic E-state index is 12.3. The van der Waals surface area contributed by atoms with Crippen LogP contribution in [0, 0.1) is 0 Å². The standard InChI is InChI=1S/C20H23F2N3O3.HI/c1-2-23-20(25-11-15-6-7-17-18(9-15)28-13-27-17)24-10-14-4-3-5-16(8-14)26-12-19(21)22;/h3-9,19H,2,10-13H2,1H3,(H2,23,24,25);1H. The molecule has 0 saturated carbocycles. The van der Waals surface area contributed by atoms with E-state index in [2.05, 4.69) is 15.6 Å². The molecule has 2 aromatic carbocycles. The molecule has 29 heavy (non-hydrogen) atoms. The second-order valence-electron chi connectivity index (χ2n) is 6.09. The number of ether oxygens (including phenoxy) is 3. The Morgan fingerprint density at radius 2 is 1.93 bits per heavy atom. The van der Waals surface area contributed by atoms with Gasteiger partial charge in [0.1, 0.15) is 12.4 Å². The third-order valence-corrected chi connectivity index (χ3v) is 3.94. The number of aliphatic imine (C=N–C) groups is 1. The van der Waals surface area contributed by atoms with Crippen LogP contribution in [-0.2, 0) is 13.1 Å². The van der Waals surface area contributed by atoms with Gasteiger partial charge in [0.2, 0.25) is 6.79 Å². The lowest BCUT2D eigenvalue weighted by Crippen LogP contribution is -2.36. The minimum absolute atomic E-state index is 0. The van der Waals surface area contributed by atoms with E-state index in [1.807, 2.05) is 31.2 Å². The van der Waals surface area contributed by atoms with Crippen molar-refractivity contribution in [2.24, 2.45) is 4.99 Å². The van der Waals surface area contributed by atoms with Crippen LogP contribution >= 0.6 is 24.0 Å². The molecule has 2 aromatic rings. The first-order valence-electron chi connectivity index (χ1n) is 9.04. The van der Waals surface area contributed by atoms with Crippen molar-refractivity contribution < 1.29 is 23.0 Å². The van der Waals surface area contributed by atoms with E-state index >= 15 is 0 Å². The summed E-state index contributed by atoms with van der Waals surface area (Å²) in [5.41, 5.74) is 1.91. The highest BCUT2D eigenvalue weighted by Gasteiger charge is 2.13. The zero-order valence-electron chi connectivity index (χ0n) is 16.0. The number of halogens is 3. The largest absolute Gasteiger partial charge is 0.488 e. The predicted molar refractivity (Wildman–Crippen MR) is 118 cm³/mol. The number of nitrogens with zero attached hydrogens (tertiary/aromatic N) is 1. The summed E-state index contributed by atoms with van der Waals surface area (Å²) in [5, 5.41) is 6.45. The lowest BCUT2D eigenvalue weighted by Gasteiger charge is -2.12. The molecule has 0 unspecified atom stereocenters. The molecule has 0 radical (unpaired) electrons. The van der Waals surface area contributed by atoms with Crippen LogP contribution in [-0.4, -0.2) is 32.3 Å². The summed E-state index contributed by atoms with van der Waals surface area (Å²) in [6, 6.07) is 12.8. The van der Waals surface area contributed by atoms with Crippen LogP contribution in [0.5, 0.6) is 17.2 Å². The Morgan fingerprint density at radius 3 is 2.72 bits per heavy atom. The summed E-state index contributed by atoms with van der Waals surface area (Å²) >= 11 is 0. The van der Waals surface area contributed by atoms with Gasteiger partial charge < -0.3 is 24.8 Å². The molecule has 0 saturated heterocycles. The van der Waals surface area contributed by atoms with Crippen LogP contribution in [0.1, 0.15) is 18.1 Å². The van der Waals surface area contributed by atoms with Gasteiger partial charge in [0.25, 0.3) is 6.43 Å². The Hall–Kier alpha value is -2.30. The molecular weight excluding hydrogens is 495 g/mol. The summed E-state index contributed by atoms with van der Waals surface area (Å²) < 4.78 is 40.3. The van der Waals surface area contributed by atoms with E-state index in [1.54, 1.807) is 18.2 Å². The molecule has 0 aliphatic carbocycles. The molecule has 0 fully saturated rings. The van der Waals surface area contributed by atoms with Gasteiger partial charge in [-0.3, -0.25) is 0 Å². The molecule has 6 nitrogen and oxygen atoms in total. The number of rotatable bonds is 8. The summed E-state index contributed by atoms with van der Waals surface area (Å²) in [4.78, 5) is 4.54. The van der Waals surface area contributed by atoms with Crippen LogP contribution in [0.4, 0.5) is 8.78 Å². The van der Waals surface area contributed by atoms with Crippen molar-refractivity contribution in [3.05, 3.63) is 53.6 Å². The summed E-state index contributed by atoms with van der Waals surface area (Å²) in [5.74, 6) is 2.55. The molecule has 2 N–H and O–H groups in total. The Labute approximate surface area is 185 Å².